The Kier molecular flexibility index (Phi) is 2.44. The number of hydrogen-bond donors (Lipinski definition) is 3. The third-order valence-electron chi connectivity index (χ3n) is 3.37. The van der Waals surface area contributed by atoms with Gasteiger partial charge in [-0.05, 0) is 12.1 Å². The summed E-state index contributed by atoms with van der Waals surface area (Å²) in [7, 11) is 0. The molecule has 2 aromatic heterocycles. The molecule has 102 valence electrons. The first-order chi connectivity index (χ1) is 9.51. The van der Waals surface area contributed by atoms with Crippen molar-refractivity contribution in [1.82, 2.24) is 14.6 Å². The number of anilines is 1. The highest BCUT2D eigenvalue weighted by atomic mass is 16.5. The van der Waals surface area contributed by atoms with E-state index >= 15 is 0 Å². The first-order valence-electron chi connectivity index (χ1n) is 5.75. The van der Waals surface area contributed by atoms with Crippen LogP contribution in [-0.4, -0.2) is 37.0 Å². The van der Waals surface area contributed by atoms with Gasteiger partial charge in [0.25, 0.3) is 5.60 Å². The molecular formula is C12H11N5O3. The average molecular weight is 273 g/mol. The van der Waals surface area contributed by atoms with Crippen molar-refractivity contribution in [2.45, 2.75) is 17.8 Å². The minimum Gasteiger partial charge on any atom is -0.466 e. The van der Waals surface area contributed by atoms with Crippen LogP contribution in [0.25, 0.3) is 5.52 Å². The van der Waals surface area contributed by atoms with E-state index in [2.05, 4.69) is 16.7 Å². The van der Waals surface area contributed by atoms with Crippen LogP contribution in [0.5, 0.6) is 0 Å². The predicted molar refractivity (Wildman–Crippen MR) is 66.9 cm³/mol. The highest BCUT2D eigenvalue weighted by Crippen LogP contribution is 2.41. The van der Waals surface area contributed by atoms with Crippen molar-refractivity contribution >= 4 is 11.3 Å². The summed E-state index contributed by atoms with van der Waals surface area (Å²) in [5.74, 6) is 0.155. The Morgan fingerprint density at radius 3 is 2.85 bits per heavy atom. The lowest BCUT2D eigenvalue weighted by atomic mass is 9.93. The van der Waals surface area contributed by atoms with Crippen molar-refractivity contribution in [3.05, 3.63) is 36.5 Å². The van der Waals surface area contributed by atoms with Gasteiger partial charge in [0.15, 0.2) is 5.82 Å². The molecule has 20 heavy (non-hydrogen) atoms. The summed E-state index contributed by atoms with van der Waals surface area (Å²) in [5.41, 5.74) is 4.65. The number of fused-ring (bicyclic) bond motifs is 1. The SMILES string of the molecule is C=C1O[C@@](C#N)(c2ccc3c(N)ncnn23)[C@H](O)[C@@H]1O. The summed E-state index contributed by atoms with van der Waals surface area (Å²) in [6.45, 7) is 3.49. The number of nitrogens with zero attached hydrogens (tertiary/aromatic N) is 4. The normalized spacial score (nSPS) is 29.4. The number of aromatic nitrogens is 3. The summed E-state index contributed by atoms with van der Waals surface area (Å²) < 4.78 is 6.68. The first-order valence-corrected chi connectivity index (χ1v) is 5.75. The van der Waals surface area contributed by atoms with E-state index in [1.54, 1.807) is 6.07 Å². The first kappa shape index (κ1) is 12.4. The maximum atomic E-state index is 10.1. The van der Waals surface area contributed by atoms with Gasteiger partial charge in [0.1, 0.15) is 41.6 Å². The third kappa shape index (κ3) is 1.36. The van der Waals surface area contributed by atoms with Crippen LogP contribution in [0.3, 0.4) is 0 Å². The van der Waals surface area contributed by atoms with Gasteiger partial charge in [0.2, 0.25) is 0 Å². The van der Waals surface area contributed by atoms with Crippen molar-refractivity contribution in [3.8, 4) is 6.07 Å². The van der Waals surface area contributed by atoms with Gasteiger partial charge in [0, 0.05) is 0 Å². The Morgan fingerprint density at radius 1 is 1.50 bits per heavy atom. The minimum absolute atomic E-state index is 0.0731. The van der Waals surface area contributed by atoms with Gasteiger partial charge < -0.3 is 20.7 Å². The predicted octanol–water partition coefficient (Wildman–Crippen LogP) is -0.704. The molecule has 0 aliphatic carbocycles. The molecular weight excluding hydrogens is 262 g/mol. The number of rotatable bonds is 1. The lowest BCUT2D eigenvalue weighted by molar-refractivity contribution is -0.0249. The smallest absolute Gasteiger partial charge is 0.264 e. The Morgan fingerprint density at radius 2 is 2.25 bits per heavy atom. The van der Waals surface area contributed by atoms with Crippen LogP contribution in [0.15, 0.2) is 30.8 Å². The second-order valence-corrected chi connectivity index (χ2v) is 4.47. The summed E-state index contributed by atoms with van der Waals surface area (Å²) in [6, 6.07) is 5.03. The Labute approximate surface area is 113 Å². The molecule has 1 fully saturated rings. The Bertz CT molecular complexity index is 749. The average Bonchev–Trinajstić information content (AvgIpc) is 2.96. The fraction of sp³-hybridized carbons (Fsp3) is 0.250. The fourth-order valence-electron chi connectivity index (χ4n) is 2.31. The van der Waals surface area contributed by atoms with Gasteiger partial charge in [-0.2, -0.15) is 10.4 Å². The standard InChI is InChI=1S/C12H11N5O3/c1-6-9(18)10(19)12(4-13,20-6)8-3-2-7-11(14)15-5-16-17(7)8/h2-3,5,9-10,18-19H,1H2,(H2,14,15,16)/t9-,10-,12+/m1/s1. The van der Waals surface area contributed by atoms with E-state index < -0.39 is 17.8 Å². The summed E-state index contributed by atoms with van der Waals surface area (Å²) in [6.07, 6.45) is -1.60. The van der Waals surface area contributed by atoms with Gasteiger partial charge in [-0.1, -0.05) is 6.58 Å². The zero-order valence-electron chi connectivity index (χ0n) is 10.3. The molecule has 0 spiro atoms. The minimum atomic E-state index is -1.79. The summed E-state index contributed by atoms with van der Waals surface area (Å²) in [4.78, 5) is 3.84. The largest absolute Gasteiger partial charge is 0.466 e. The third-order valence-corrected chi connectivity index (χ3v) is 3.37. The fourth-order valence-corrected chi connectivity index (χ4v) is 2.31. The Balaban J connectivity index is 2.26. The molecule has 8 nitrogen and oxygen atoms in total. The quantitative estimate of drug-likeness (QED) is 0.626. The molecule has 0 aromatic carbocycles. The van der Waals surface area contributed by atoms with Gasteiger partial charge in [-0.3, -0.25) is 0 Å². The van der Waals surface area contributed by atoms with E-state index in [9.17, 15) is 15.5 Å². The second-order valence-electron chi connectivity index (χ2n) is 4.47. The lowest BCUT2D eigenvalue weighted by Gasteiger charge is -2.23. The van der Waals surface area contributed by atoms with Crippen LogP contribution >= 0.6 is 0 Å². The summed E-state index contributed by atoms with van der Waals surface area (Å²) in [5, 5.41) is 33.3. The van der Waals surface area contributed by atoms with Crippen molar-refractivity contribution in [2.75, 3.05) is 5.73 Å². The van der Waals surface area contributed by atoms with Crippen LogP contribution in [0.2, 0.25) is 0 Å². The highest BCUT2D eigenvalue weighted by Gasteiger charge is 2.55. The lowest BCUT2D eigenvalue weighted by Crippen LogP contribution is -2.40. The van der Waals surface area contributed by atoms with Gasteiger partial charge in [-0.15, -0.1) is 0 Å². The second kappa shape index (κ2) is 3.93. The molecule has 1 saturated heterocycles. The van der Waals surface area contributed by atoms with Crippen LogP contribution in [-0.2, 0) is 10.3 Å². The monoisotopic (exact) mass is 273 g/mol. The van der Waals surface area contributed by atoms with E-state index in [4.69, 9.17) is 10.5 Å². The van der Waals surface area contributed by atoms with Crippen LogP contribution in [0.1, 0.15) is 5.69 Å². The molecule has 8 heteroatoms. The molecule has 4 N–H and O–H groups in total. The number of aliphatic hydroxyl groups excluding tert-OH is 2. The molecule has 0 saturated carbocycles. The number of nitrogen functional groups attached to an aromatic ring is 1. The summed E-state index contributed by atoms with van der Waals surface area (Å²) >= 11 is 0. The van der Waals surface area contributed by atoms with E-state index in [1.165, 1.54) is 16.9 Å². The number of aliphatic hydroxyl groups is 2. The van der Waals surface area contributed by atoms with Gasteiger partial charge in [-0.25, -0.2) is 9.50 Å². The van der Waals surface area contributed by atoms with Crippen molar-refractivity contribution in [1.29, 1.82) is 5.26 Å². The Hall–Kier alpha value is -2.63. The van der Waals surface area contributed by atoms with Crippen molar-refractivity contribution < 1.29 is 14.9 Å². The van der Waals surface area contributed by atoms with E-state index in [1.807, 2.05) is 6.07 Å². The van der Waals surface area contributed by atoms with Crippen LogP contribution in [0, 0.1) is 11.3 Å². The van der Waals surface area contributed by atoms with Gasteiger partial charge in [0.05, 0.1) is 0 Å². The number of ether oxygens (including phenoxy) is 1. The van der Waals surface area contributed by atoms with E-state index in [-0.39, 0.29) is 17.3 Å². The molecule has 3 rings (SSSR count). The molecule has 0 amide bonds. The highest BCUT2D eigenvalue weighted by molar-refractivity contribution is 5.66. The number of hydrogen-bond acceptors (Lipinski definition) is 7. The van der Waals surface area contributed by atoms with Gasteiger partial charge >= 0.3 is 0 Å². The van der Waals surface area contributed by atoms with Crippen molar-refractivity contribution in [2.24, 2.45) is 0 Å². The van der Waals surface area contributed by atoms with E-state index in [0.29, 0.717) is 5.52 Å². The molecule has 3 atom stereocenters. The molecule has 1 aliphatic heterocycles. The topological polar surface area (TPSA) is 130 Å². The maximum Gasteiger partial charge on any atom is 0.264 e. The number of nitriles is 1. The zero-order valence-corrected chi connectivity index (χ0v) is 10.3. The van der Waals surface area contributed by atoms with E-state index in [0.717, 1.165) is 0 Å². The molecule has 0 radical (unpaired) electrons. The zero-order chi connectivity index (χ0) is 14.5. The van der Waals surface area contributed by atoms with Crippen molar-refractivity contribution in [3.63, 3.8) is 0 Å². The maximum absolute atomic E-state index is 10.1. The molecule has 3 heterocycles. The van der Waals surface area contributed by atoms with Crippen LogP contribution in [0.4, 0.5) is 5.82 Å². The molecule has 0 bridgehead atoms. The van der Waals surface area contributed by atoms with Crippen LogP contribution < -0.4 is 5.73 Å². The molecule has 1 aliphatic rings. The molecule has 0 unspecified atom stereocenters. The number of nitrogens with two attached hydrogens (primary N) is 1. The molecule has 2 aromatic rings.